The number of hydrogen-bond acceptors (Lipinski definition) is 5. The highest BCUT2D eigenvalue weighted by molar-refractivity contribution is 6.08. The highest BCUT2D eigenvalue weighted by Crippen LogP contribution is 2.32. The number of carbonyl (C=O) groups is 3. The van der Waals surface area contributed by atoms with Crippen molar-refractivity contribution in [2.45, 2.75) is 38.6 Å². The number of carbonyl (C=O) groups excluding carboxylic acids is 3. The average molecular weight is 429 g/mol. The van der Waals surface area contributed by atoms with E-state index in [0.717, 1.165) is 41.4 Å². The van der Waals surface area contributed by atoms with Crippen LogP contribution in [0.15, 0.2) is 48.5 Å². The molecule has 1 unspecified atom stereocenters. The Balaban J connectivity index is 1.42. The van der Waals surface area contributed by atoms with E-state index in [-0.39, 0.29) is 24.3 Å². The molecule has 0 fully saturated rings. The maximum Gasteiger partial charge on any atom is 0.339 e. The summed E-state index contributed by atoms with van der Waals surface area (Å²) in [4.78, 5) is 44.7. The number of aromatic nitrogens is 1. The Morgan fingerprint density at radius 2 is 1.91 bits per heavy atom. The van der Waals surface area contributed by atoms with Gasteiger partial charge >= 0.3 is 5.97 Å². The molecule has 0 bridgehead atoms. The number of benzene rings is 2. The molecule has 0 spiro atoms. The van der Waals surface area contributed by atoms with Crippen LogP contribution in [0.1, 0.15) is 41.4 Å². The van der Waals surface area contributed by atoms with Gasteiger partial charge in [0.15, 0.2) is 6.61 Å². The summed E-state index contributed by atoms with van der Waals surface area (Å²) < 4.78 is 5.54. The molecule has 0 saturated carbocycles. The Morgan fingerprint density at radius 1 is 1.12 bits per heavy atom. The standard InChI is InChI=1S/C25H23N3O4/c1-15-13-22(29)27-20-10-4-5-12-21(20)28(15)23(30)14-32-25(31)24-16-7-2-3-9-18(16)26-19-11-6-8-17(19)24/h2-5,7,9-10,12,15H,6,8,11,13-14H2,1H3,(H,27,29). The third-order valence-electron chi connectivity index (χ3n) is 6.08. The molecule has 0 radical (unpaired) electrons. The topological polar surface area (TPSA) is 88.6 Å². The first-order valence-corrected chi connectivity index (χ1v) is 10.8. The van der Waals surface area contributed by atoms with Crippen molar-refractivity contribution in [1.82, 2.24) is 4.98 Å². The lowest BCUT2D eigenvalue weighted by atomic mass is 10.0. The van der Waals surface area contributed by atoms with E-state index in [2.05, 4.69) is 5.32 Å². The first-order chi connectivity index (χ1) is 15.5. The molecule has 32 heavy (non-hydrogen) atoms. The lowest BCUT2D eigenvalue weighted by Crippen LogP contribution is -2.41. The number of aryl methyl sites for hydroxylation is 1. The third-order valence-corrected chi connectivity index (χ3v) is 6.08. The molecule has 1 N–H and O–H groups in total. The van der Waals surface area contributed by atoms with Crippen molar-refractivity contribution in [1.29, 1.82) is 0 Å². The number of ether oxygens (including phenoxy) is 1. The fourth-order valence-electron chi connectivity index (χ4n) is 4.68. The Kier molecular flexibility index (Phi) is 5.09. The fourth-order valence-corrected chi connectivity index (χ4v) is 4.68. The molecule has 0 saturated heterocycles. The molecule has 1 aliphatic heterocycles. The van der Waals surface area contributed by atoms with Gasteiger partial charge in [-0.2, -0.15) is 0 Å². The predicted octanol–water partition coefficient (Wildman–Crippen LogP) is 3.64. The summed E-state index contributed by atoms with van der Waals surface area (Å²) in [6, 6.07) is 14.3. The zero-order valence-corrected chi connectivity index (χ0v) is 17.8. The SMILES string of the molecule is CC1CC(=O)Nc2ccccc2N1C(=O)COC(=O)c1c2c(nc3ccccc13)CCC2. The summed E-state index contributed by atoms with van der Waals surface area (Å²) >= 11 is 0. The second-order valence-corrected chi connectivity index (χ2v) is 8.24. The van der Waals surface area contributed by atoms with Crippen LogP contribution in [0.5, 0.6) is 0 Å². The summed E-state index contributed by atoms with van der Waals surface area (Å²) in [5.41, 5.74) is 4.29. The van der Waals surface area contributed by atoms with Crippen LogP contribution in [0.2, 0.25) is 0 Å². The van der Waals surface area contributed by atoms with Gasteiger partial charge in [-0.15, -0.1) is 0 Å². The molecule has 162 valence electrons. The van der Waals surface area contributed by atoms with Gasteiger partial charge in [0, 0.05) is 23.5 Å². The van der Waals surface area contributed by atoms with Gasteiger partial charge in [0.05, 0.1) is 22.5 Å². The first kappa shape index (κ1) is 20.2. The number of fused-ring (bicyclic) bond motifs is 3. The van der Waals surface area contributed by atoms with Crippen LogP contribution in [-0.4, -0.2) is 35.4 Å². The van der Waals surface area contributed by atoms with Crippen molar-refractivity contribution in [3.63, 3.8) is 0 Å². The van der Waals surface area contributed by atoms with Gasteiger partial charge in [0.25, 0.3) is 5.91 Å². The van der Waals surface area contributed by atoms with Crippen LogP contribution in [0, 0.1) is 0 Å². The van der Waals surface area contributed by atoms with Crippen molar-refractivity contribution in [2.75, 3.05) is 16.8 Å². The van der Waals surface area contributed by atoms with E-state index in [1.54, 1.807) is 18.2 Å². The van der Waals surface area contributed by atoms with Gasteiger partial charge in [-0.3, -0.25) is 14.6 Å². The van der Waals surface area contributed by atoms with E-state index >= 15 is 0 Å². The number of rotatable bonds is 3. The smallest absolute Gasteiger partial charge is 0.339 e. The van der Waals surface area contributed by atoms with Crippen LogP contribution < -0.4 is 10.2 Å². The Morgan fingerprint density at radius 3 is 2.78 bits per heavy atom. The molecule has 2 aromatic carbocycles. The molecular formula is C25H23N3O4. The maximum atomic E-state index is 13.2. The molecule has 7 nitrogen and oxygen atoms in total. The van der Waals surface area contributed by atoms with E-state index < -0.39 is 12.6 Å². The van der Waals surface area contributed by atoms with E-state index in [0.29, 0.717) is 16.9 Å². The number of anilines is 2. The molecule has 3 aromatic rings. The van der Waals surface area contributed by atoms with Gasteiger partial charge in [0.2, 0.25) is 5.91 Å². The van der Waals surface area contributed by atoms with E-state index in [9.17, 15) is 14.4 Å². The predicted molar refractivity (Wildman–Crippen MR) is 121 cm³/mol. The molecular weight excluding hydrogens is 406 g/mol. The number of nitrogens with zero attached hydrogens (tertiary/aromatic N) is 2. The van der Waals surface area contributed by atoms with Crippen LogP contribution in [-0.2, 0) is 27.2 Å². The molecule has 1 aromatic heterocycles. The van der Waals surface area contributed by atoms with Crippen molar-refractivity contribution in [3.8, 4) is 0 Å². The van der Waals surface area contributed by atoms with E-state index in [1.807, 2.05) is 37.3 Å². The van der Waals surface area contributed by atoms with Crippen LogP contribution in [0.3, 0.4) is 0 Å². The highest BCUT2D eigenvalue weighted by atomic mass is 16.5. The van der Waals surface area contributed by atoms with Gasteiger partial charge in [-0.05, 0) is 49.9 Å². The van der Waals surface area contributed by atoms with E-state index in [1.165, 1.54) is 4.90 Å². The van der Waals surface area contributed by atoms with Crippen LogP contribution in [0.25, 0.3) is 10.9 Å². The summed E-state index contributed by atoms with van der Waals surface area (Å²) in [6.45, 7) is 1.40. The number of nitrogens with one attached hydrogen (secondary N) is 1. The summed E-state index contributed by atoms with van der Waals surface area (Å²) in [7, 11) is 0. The average Bonchev–Trinajstić information content (AvgIpc) is 3.19. The molecule has 2 amide bonds. The number of pyridine rings is 1. The number of amides is 2. The monoisotopic (exact) mass is 429 g/mol. The quantitative estimate of drug-likeness (QED) is 0.642. The van der Waals surface area contributed by atoms with Crippen LogP contribution in [0.4, 0.5) is 11.4 Å². The lowest BCUT2D eigenvalue weighted by Gasteiger charge is -2.27. The molecule has 5 rings (SSSR count). The largest absolute Gasteiger partial charge is 0.452 e. The second-order valence-electron chi connectivity index (χ2n) is 8.24. The summed E-state index contributed by atoms with van der Waals surface area (Å²) in [5.74, 6) is -1.04. The minimum absolute atomic E-state index is 0.156. The van der Waals surface area contributed by atoms with Gasteiger partial charge < -0.3 is 15.0 Å². The Labute approximate surface area is 185 Å². The first-order valence-electron chi connectivity index (χ1n) is 10.8. The highest BCUT2D eigenvalue weighted by Gasteiger charge is 2.31. The molecule has 2 aliphatic rings. The number of hydrogen-bond donors (Lipinski definition) is 1. The minimum Gasteiger partial charge on any atom is -0.452 e. The second kappa shape index (κ2) is 8.07. The zero-order chi connectivity index (χ0) is 22.2. The Bertz CT molecular complexity index is 1250. The zero-order valence-electron chi connectivity index (χ0n) is 17.8. The maximum absolute atomic E-state index is 13.2. The molecule has 7 heteroatoms. The normalized spacial score (nSPS) is 17.3. The third kappa shape index (κ3) is 3.49. The van der Waals surface area contributed by atoms with E-state index in [4.69, 9.17) is 9.72 Å². The van der Waals surface area contributed by atoms with Gasteiger partial charge in [0.1, 0.15) is 0 Å². The molecule has 1 atom stereocenters. The lowest BCUT2D eigenvalue weighted by molar-refractivity contribution is -0.122. The van der Waals surface area contributed by atoms with Crippen molar-refractivity contribution in [3.05, 3.63) is 65.4 Å². The summed E-state index contributed by atoms with van der Waals surface area (Å²) in [6.07, 6.45) is 2.72. The Hall–Kier alpha value is -3.74. The molecule has 2 heterocycles. The number of esters is 1. The van der Waals surface area contributed by atoms with Crippen molar-refractivity contribution < 1.29 is 19.1 Å². The summed E-state index contributed by atoms with van der Waals surface area (Å²) in [5, 5.41) is 3.57. The van der Waals surface area contributed by atoms with Gasteiger partial charge in [-0.1, -0.05) is 30.3 Å². The number of para-hydroxylation sites is 3. The van der Waals surface area contributed by atoms with Crippen molar-refractivity contribution >= 4 is 40.1 Å². The van der Waals surface area contributed by atoms with Crippen molar-refractivity contribution in [2.24, 2.45) is 0 Å². The van der Waals surface area contributed by atoms with Gasteiger partial charge in [-0.25, -0.2) is 4.79 Å². The fraction of sp³-hybridized carbons (Fsp3) is 0.280. The van der Waals surface area contributed by atoms with Crippen LogP contribution >= 0.6 is 0 Å². The molecule has 1 aliphatic carbocycles. The minimum atomic E-state index is -0.514.